The van der Waals surface area contributed by atoms with Gasteiger partial charge >= 0.3 is 6.09 Å². The molecular weight excluding hydrogens is 246 g/mol. The molecule has 0 aromatic heterocycles. The fourth-order valence-electron chi connectivity index (χ4n) is 2.00. The molecule has 19 heavy (non-hydrogen) atoms. The first-order chi connectivity index (χ1) is 8.79. The average molecular weight is 267 g/mol. The lowest BCUT2D eigenvalue weighted by Crippen LogP contribution is -2.51. The second kappa shape index (κ2) is 5.57. The molecule has 0 radical (unpaired) electrons. The van der Waals surface area contributed by atoms with Crippen molar-refractivity contribution in [3.05, 3.63) is 25.3 Å². The molecule has 0 aromatic carbocycles. The standard InChI is InChI=1S/C14H21NO4/c1-6-11(16)14(5,7-2)12(17)15-10(9(3)4)8-19-13(15)18/h6-7,9-11,16H,1-2,8H2,3-5H3/t10-,11+,14?/m0/s1. The molecule has 0 bridgehead atoms. The Morgan fingerprint density at radius 1 is 1.58 bits per heavy atom. The van der Waals surface area contributed by atoms with Crippen LogP contribution < -0.4 is 0 Å². The van der Waals surface area contributed by atoms with Gasteiger partial charge in [0.1, 0.15) is 6.61 Å². The Kier molecular flexibility index (Phi) is 4.52. The first-order valence-electron chi connectivity index (χ1n) is 6.24. The van der Waals surface area contributed by atoms with E-state index >= 15 is 0 Å². The molecule has 5 heteroatoms. The van der Waals surface area contributed by atoms with Crippen molar-refractivity contribution in [2.45, 2.75) is 32.9 Å². The lowest BCUT2D eigenvalue weighted by Gasteiger charge is -2.33. The summed E-state index contributed by atoms with van der Waals surface area (Å²) in [5.74, 6) is -0.443. The van der Waals surface area contributed by atoms with Crippen LogP contribution in [0.2, 0.25) is 0 Å². The van der Waals surface area contributed by atoms with Crippen LogP contribution in [0.25, 0.3) is 0 Å². The molecule has 0 aromatic rings. The number of rotatable bonds is 5. The predicted molar refractivity (Wildman–Crippen MR) is 71.3 cm³/mol. The van der Waals surface area contributed by atoms with E-state index in [0.29, 0.717) is 0 Å². The van der Waals surface area contributed by atoms with Crippen molar-refractivity contribution in [1.29, 1.82) is 0 Å². The van der Waals surface area contributed by atoms with Gasteiger partial charge in [0.05, 0.1) is 17.6 Å². The molecule has 0 saturated carbocycles. The molecule has 1 aliphatic heterocycles. The largest absolute Gasteiger partial charge is 0.447 e. The molecular formula is C14H21NO4. The van der Waals surface area contributed by atoms with E-state index in [1.54, 1.807) is 0 Å². The lowest BCUT2D eigenvalue weighted by molar-refractivity contribution is -0.140. The summed E-state index contributed by atoms with van der Waals surface area (Å²) in [6.07, 6.45) is 0.808. The Bertz CT molecular complexity index is 404. The molecule has 1 aliphatic rings. The summed E-state index contributed by atoms with van der Waals surface area (Å²) in [6, 6.07) is -0.323. The number of ether oxygens (including phenoxy) is 1. The molecule has 1 N–H and O–H groups in total. The first-order valence-corrected chi connectivity index (χ1v) is 6.24. The van der Waals surface area contributed by atoms with Gasteiger partial charge in [0.15, 0.2) is 0 Å². The first kappa shape index (κ1) is 15.4. The Labute approximate surface area is 113 Å². The molecule has 1 saturated heterocycles. The summed E-state index contributed by atoms with van der Waals surface area (Å²) in [7, 11) is 0. The van der Waals surface area contributed by atoms with Gasteiger partial charge in [-0.2, -0.15) is 0 Å². The van der Waals surface area contributed by atoms with E-state index < -0.39 is 23.5 Å². The second-order valence-corrected chi connectivity index (χ2v) is 5.23. The summed E-state index contributed by atoms with van der Waals surface area (Å²) in [6.45, 7) is 12.6. The Morgan fingerprint density at radius 2 is 2.16 bits per heavy atom. The van der Waals surface area contributed by atoms with Crippen molar-refractivity contribution in [3.63, 3.8) is 0 Å². The summed E-state index contributed by atoms with van der Waals surface area (Å²) in [5, 5.41) is 9.93. The minimum Gasteiger partial charge on any atom is -0.447 e. The minimum atomic E-state index is -1.29. The van der Waals surface area contributed by atoms with Gasteiger partial charge in [-0.05, 0) is 12.8 Å². The van der Waals surface area contributed by atoms with Gasteiger partial charge in [-0.1, -0.05) is 26.0 Å². The van der Waals surface area contributed by atoms with Gasteiger partial charge in [0, 0.05) is 0 Å². The monoisotopic (exact) mass is 267 g/mol. The highest BCUT2D eigenvalue weighted by molar-refractivity contribution is 5.98. The van der Waals surface area contributed by atoms with E-state index in [1.807, 2.05) is 13.8 Å². The summed E-state index contributed by atoms with van der Waals surface area (Å²) in [4.78, 5) is 25.4. The Morgan fingerprint density at radius 3 is 2.58 bits per heavy atom. The number of cyclic esters (lactones) is 1. The number of imide groups is 1. The van der Waals surface area contributed by atoms with E-state index in [2.05, 4.69) is 13.2 Å². The van der Waals surface area contributed by atoms with Crippen LogP contribution in [0.3, 0.4) is 0 Å². The summed E-state index contributed by atoms with van der Waals surface area (Å²) in [5.41, 5.74) is -1.29. The van der Waals surface area contributed by atoms with Crippen molar-refractivity contribution in [3.8, 4) is 0 Å². The fraction of sp³-hybridized carbons (Fsp3) is 0.571. The molecule has 0 spiro atoms. The Balaban J connectivity index is 3.12. The van der Waals surface area contributed by atoms with Crippen LogP contribution >= 0.6 is 0 Å². The topological polar surface area (TPSA) is 66.8 Å². The SMILES string of the molecule is C=C[C@@H](O)C(C)(C=C)C(=O)N1C(=O)OC[C@H]1C(C)C. The highest BCUT2D eigenvalue weighted by atomic mass is 16.6. The van der Waals surface area contributed by atoms with E-state index in [-0.39, 0.29) is 18.6 Å². The third-order valence-corrected chi connectivity index (χ3v) is 3.62. The highest BCUT2D eigenvalue weighted by Gasteiger charge is 2.48. The Hall–Kier alpha value is -1.62. The van der Waals surface area contributed by atoms with Crippen LogP contribution in [0.1, 0.15) is 20.8 Å². The smallest absolute Gasteiger partial charge is 0.417 e. The van der Waals surface area contributed by atoms with Gasteiger partial charge in [-0.3, -0.25) is 4.79 Å². The maximum atomic E-state index is 12.6. The van der Waals surface area contributed by atoms with Crippen molar-refractivity contribution < 1.29 is 19.4 Å². The van der Waals surface area contributed by atoms with Crippen LogP contribution in [0.4, 0.5) is 4.79 Å². The third kappa shape index (κ3) is 2.56. The molecule has 1 unspecified atom stereocenters. The van der Waals surface area contributed by atoms with Crippen LogP contribution in [0, 0.1) is 11.3 Å². The number of carbonyl (C=O) groups is 2. The van der Waals surface area contributed by atoms with Crippen molar-refractivity contribution in [2.24, 2.45) is 11.3 Å². The zero-order valence-corrected chi connectivity index (χ0v) is 11.6. The molecule has 3 atom stereocenters. The molecule has 1 fully saturated rings. The van der Waals surface area contributed by atoms with E-state index in [9.17, 15) is 14.7 Å². The minimum absolute atomic E-state index is 0.0744. The molecule has 0 aliphatic carbocycles. The highest BCUT2D eigenvalue weighted by Crippen LogP contribution is 2.31. The summed E-state index contributed by atoms with van der Waals surface area (Å²) >= 11 is 0. The maximum Gasteiger partial charge on any atom is 0.417 e. The van der Waals surface area contributed by atoms with Crippen LogP contribution in [-0.2, 0) is 9.53 Å². The molecule has 1 rings (SSSR count). The van der Waals surface area contributed by atoms with Gasteiger partial charge in [0.2, 0.25) is 5.91 Å². The maximum absolute atomic E-state index is 12.6. The predicted octanol–water partition coefficient (Wildman–Crippen LogP) is 1.73. The van der Waals surface area contributed by atoms with Crippen molar-refractivity contribution in [2.75, 3.05) is 6.61 Å². The van der Waals surface area contributed by atoms with Crippen LogP contribution in [0.15, 0.2) is 25.3 Å². The average Bonchev–Trinajstić information content (AvgIpc) is 2.77. The van der Waals surface area contributed by atoms with Gasteiger partial charge in [0.25, 0.3) is 0 Å². The lowest BCUT2D eigenvalue weighted by atomic mass is 9.82. The quantitative estimate of drug-likeness (QED) is 0.770. The number of amides is 2. The van der Waals surface area contributed by atoms with Crippen LogP contribution in [0.5, 0.6) is 0 Å². The van der Waals surface area contributed by atoms with E-state index in [0.717, 1.165) is 4.90 Å². The van der Waals surface area contributed by atoms with Crippen LogP contribution in [-0.4, -0.2) is 40.8 Å². The van der Waals surface area contributed by atoms with E-state index in [4.69, 9.17) is 4.74 Å². The molecule has 5 nitrogen and oxygen atoms in total. The summed E-state index contributed by atoms with van der Waals surface area (Å²) < 4.78 is 4.94. The number of carbonyl (C=O) groups excluding carboxylic acids is 2. The van der Waals surface area contributed by atoms with Gasteiger partial charge in [-0.25, -0.2) is 9.69 Å². The number of aliphatic hydroxyl groups excluding tert-OH is 1. The van der Waals surface area contributed by atoms with Crippen molar-refractivity contribution in [1.82, 2.24) is 4.90 Å². The third-order valence-electron chi connectivity index (χ3n) is 3.62. The zero-order valence-electron chi connectivity index (χ0n) is 11.6. The van der Waals surface area contributed by atoms with Gasteiger partial charge < -0.3 is 9.84 Å². The molecule has 2 amide bonds. The molecule has 1 heterocycles. The number of hydrogen-bond acceptors (Lipinski definition) is 4. The normalized spacial score (nSPS) is 23.7. The van der Waals surface area contributed by atoms with E-state index in [1.165, 1.54) is 19.1 Å². The fourth-order valence-corrected chi connectivity index (χ4v) is 2.00. The van der Waals surface area contributed by atoms with Gasteiger partial charge in [-0.15, -0.1) is 13.2 Å². The van der Waals surface area contributed by atoms with Crippen molar-refractivity contribution >= 4 is 12.0 Å². The number of hydrogen-bond donors (Lipinski definition) is 1. The zero-order chi connectivity index (χ0) is 14.8. The number of nitrogens with zero attached hydrogens (tertiary/aromatic N) is 1. The number of aliphatic hydroxyl groups is 1. The second-order valence-electron chi connectivity index (χ2n) is 5.23. The molecule has 106 valence electrons.